The Morgan fingerprint density at radius 2 is 2.13 bits per heavy atom. The van der Waals surface area contributed by atoms with Gasteiger partial charge < -0.3 is 4.90 Å². The average molecular weight is 219 g/mol. The third-order valence-corrected chi connectivity index (χ3v) is 2.86. The van der Waals surface area contributed by atoms with E-state index in [0.29, 0.717) is 12.3 Å². The van der Waals surface area contributed by atoms with Crippen molar-refractivity contribution in [1.82, 2.24) is 4.90 Å². The number of thioether (sulfide) groups is 1. The number of rotatable bonds is 4. The summed E-state index contributed by atoms with van der Waals surface area (Å²) in [4.78, 5) is 14.2. The third-order valence-electron chi connectivity index (χ3n) is 1.86. The molecule has 0 radical (unpaired) electrons. The van der Waals surface area contributed by atoms with Crippen molar-refractivity contribution < 1.29 is 4.79 Å². The van der Waals surface area contributed by atoms with Crippen LogP contribution in [0.5, 0.6) is 0 Å². The number of nitrogens with zero attached hydrogens (tertiary/aromatic N) is 1. The number of carbonyl (C=O) groups excluding carboxylic acids is 1. The largest absolute Gasteiger partial charge is 0.334 e. The molecular weight excluding hydrogens is 206 g/mol. The Labute approximate surface area is 94.7 Å². The van der Waals surface area contributed by atoms with Gasteiger partial charge in [-0.1, -0.05) is 24.1 Å². The van der Waals surface area contributed by atoms with Crippen LogP contribution in [0.4, 0.5) is 0 Å². The second-order valence-corrected chi connectivity index (χ2v) is 4.10. The van der Waals surface area contributed by atoms with Gasteiger partial charge in [0.15, 0.2) is 0 Å². The van der Waals surface area contributed by atoms with Gasteiger partial charge in [-0.25, -0.2) is 0 Å². The van der Waals surface area contributed by atoms with E-state index >= 15 is 0 Å². The molecule has 15 heavy (non-hydrogen) atoms. The van der Waals surface area contributed by atoms with E-state index in [2.05, 4.69) is 5.92 Å². The van der Waals surface area contributed by atoms with Gasteiger partial charge in [-0.05, 0) is 12.1 Å². The number of terminal acetylenes is 1. The van der Waals surface area contributed by atoms with Crippen molar-refractivity contribution in [2.45, 2.75) is 4.90 Å². The second kappa shape index (κ2) is 6.15. The first-order chi connectivity index (χ1) is 7.24. The Kier molecular flexibility index (Phi) is 4.79. The maximum absolute atomic E-state index is 11.5. The minimum absolute atomic E-state index is 0.0572. The van der Waals surface area contributed by atoms with Crippen molar-refractivity contribution in [1.29, 1.82) is 0 Å². The molecule has 1 aromatic carbocycles. The molecule has 0 atom stereocenters. The van der Waals surface area contributed by atoms with Crippen LogP contribution >= 0.6 is 11.8 Å². The molecule has 0 aliphatic heterocycles. The third kappa shape index (κ3) is 4.09. The summed E-state index contributed by atoms with van der Waals surface area (Å²) < 4.78 is 0. The quantitative estimate of drug-likeness (QED) is 0.569. The lowest BCUT2D eigenvalue weighted by Crippen LogP contribution is -2.28. The Morgan fingerprint density at radius 3 is 2.73 bits per heavy atom. The molecule has 0 saturated heterocycles. The SMILES string of the molecule is C#CCN(C)C(=O)CSc1ccccc1. The van der Waals surface area contributed by atoms with E-state index in [1.54, 1.807) is 11.9 Å². The minimum atomic E-state index is 0.0572. The summed E-state index contributed by atoms with van der Waals surface area (Å²) in [6.45, 7) is 0.369. The summed E-state index contributed by atoms with van der Waals surface area (Å²) in [6, 6.07) is 9.84. The van der Waals surface area contributed by atoms with Gasteiger partial charge in [-0.15, -0.1) is 18.2 Å². The lowest BCUT2D eigenvalue weighted by atomic mass is 10.4. The van der Waals surface area contributed by atoms with Gasteiger partial charge in [0, 0.05) is 11.9 Å². The maximum Gasteiger partial charge on any atom is 0.233 e. The molecule has 0 aliphatic rings. The van der Waals surface area contributed by atoms with Gasteiger partial charge in [0.2, 0.25) is 5.91 Å². The van der Waals surface area contributed by atoms with Crippen LogP contribution < -0.4 is 0 Å². The first kappa shape index (κ1) is 11.7. The van der Waals surface area contributed by atoms with Crippen LogP contribution in [0, 0.1) is 12.3 Å². The molecular formula is C12H13NOS. The summed E-state index contributed by atoms with van der Waals surface area (Å²) in [5, 5.41) is 0. The fourth-order valence-corrected chi connectivity index (χ4v) is 1.86. The fourth-order valence-electron chi connectivity index (χ4n) is 0.997. The average Bonchev–Trinajstić information content (AvgIpc) is 2.27. The van der Waals surface area contributed by atoms with E-state index in [9.17, 15) is 4.79 Å². The zero-order valence-electron chi connectivity index (χ0n) is 8.64. The first-order valence-electron chi connectivity index (χ1n) is 4.59. The van der Waals surface area contributed by atoms with E-state index in [1.807, 2.05) is 30.3 Å². The topological polar surface area (TPSA) is 20.3 Å². The molecule has 0 aromatic heterocycles. The van der Waals surface area contributed by atoms with E-state index < -0.39 is 0 Å². The van der Waals surface area contributed by atoms with Crippen molar-refractivity contribution in [3.8, 4) is 12.3 Å². The van der Waals surface area contributed by atoms with Gasteiger partial charge >= 0.3 is 0 Å². The van der Waals surface area contributed by atoms with Gasteiger partial charge in [-0.3, -0.25) is 4.79 Å². The normalized spacial score (nSPS) is 9.33. The highest BCUT2D eigenvalue weighted by Gasteiger charge is 2.07. The summed E-state index contributed by atoms with van der Waals surface area (Å²) in [7, 11) is 1.72. The van der Waals surface area contributed by atoms with Crippen molar-refractivity contribution in [2.24, 2.45) is 0 Å². The predicted octanol–water partition coefficient (Wildman–Crippen LogP) is 1.87. The molecule has 3 heteroatoms. The van der Waals surface area contributed by atoms with Crippen LogP contribution in [0.1, 0.15) is 0 Å². The standard InChI is InChI=1S/C12H13NOS/c1-3-9-13(2)12(14)10-15-11-7-5-4-6-8-11/h1,4-8H,9-10H2,2H3. The highest BCUT2D eigenvalue weighted by Crippen LogP contribution is 2.16. The number of benzene rings is 1. The smallest absolute Gasteiger partial charge is 0.233 e. The van der Waals surface area contributed by atoms with E-state index in [1.165, 1.54) is 11.8 Å². The molecule has 78 valence electrons. The number of hydrogen-bond donors (Lipinski definition) is 0. The molecule has 0 saturated carbocycles. The lowest BCUT2D eigenvalue weighted by Gasteiger charge is -2.13. The molecule has 1 rings (SSSR count). The van der Waals surface area contributed by atoms with Gasteiger partial charge in [-0.2, -0.15) is 0 Å². The molecule has 2 nitrogen and oxygen atoms in total. The summed E-state index contributed by atoms with van der Waals surface area (Å²) in [6.07, 6.45) is 5.12. The van der Waals surface area contributed by atoms with Crippen molar-refractivity contribution >= 4 is 17.7 Å². The van der Waals surface area contributed by atoms with Crippen molar-refractivity contribution in [3.63, 3.8) is 0 Å². The molecule has 0 spiro atoms. The predicted molar refractivity (Wildman–Crippen MR) is 63.6 cm³/mol. The molecule has 0 heterocycles. The van der Waals surface area contributed by atoms with E-state index in [4.69, 9.17) is 6.42 Å². The van der Waals surface area contributed by atoms with Crippen LogP contribution in [0.3, 0.4) is 0 Å². The zero-order valence-corrected chi connectivity index (χ0v) is 9.46. The minimum Gasteiger partial charge on any atom is -0.334 e. The Bertz CT molecular complexity index is 356. The fraction of sp³-hybridized carbons (Fsp3) is 0.250. The maximum atomic E-state index is 11.5. The molecule has 0 unspecified atom stereocenters. The van der Waals surface area contributed by atoms with E-state index in [0.717, 1.165) is 4.90 Å². The van der Waals surface area contributed by atoms with Crippen LogP contribution in [0.25, 0.3) is 0 Å². The second-order valence-electron chi connectivity index (χ2n) is 3.06. The van der Waals surface area contributed by atoms with Crippen LogP contribution in [0.15, 0.2) is 35.2 Å². The highest BCUT2D eigenvalue weighted by molar-refractivity contribution is 8.00. The molecule has 0 aliphatic carbocycles. The zero-order chi connectivity index (χ0) is 11.1. The number of carbonyl (C=O) groups is 1. The Balaban J connectivity index is 2.38. The summed E-state index contributed by atoms with van der Waals surface area (Å²) in [5.41, 5.74) is 0. The van der Waals surface area contributed by atoms with E-state index in [-0.39, 0.29) is 5.91 Å². The molecule has 1 aromatic rings. The van der Waals surface area contributed by atoms with Crippen LogP contribution in [-0.2, 0) is 4.79 Å². The monoisotopic (exact) mass is 219 g/mol. The van der Waals surface area contributed by atoms with Gasteiger partial charge in [0.05, 0.1) is 12.3 Å². The van der Waals surface area contributed by atoms with Crippen LogP contribution in [0.2, 0.25) is 0 Å². The first-order valence-corrected chi connectivity index (χ1v) is 5.58. The summed E-state index contributed by atoms with van der Waals surface area (Å²) in [5.74, 6) is 2.93. The molecule has 1 amide bonds. The highest BCUT2D eigenvalue weighted by atomic mass is 32.2. The number of hydrogen-bond acceptors (Lipinski definition) is 2. The molecule has 0 fully saturated rings. The van der Waals surface area contributed by atoms with Crippen LogP contribution in [-0.4, -0.2) is 30.2 Å². The van der Waals surface area contributed by atoms with Crippen molar-refractivity contribution in [3.05, 3.63) is 30.3 Å². The molecule has 0 bridgehead atoms. The Morgan fingerprint density at radius 1 is 1.47 bits per heavy atom. The lowest BCUT2D eigenvalue weighted by molar-refractivity contribution is -0.126. The van der Waals surface area contributed by atoms with Crippen molar-refractivity contribution in [2.75, 3.05) is 19.3 Å². The van der Waals surface area contributed by atoms with Gasteiger partial charge in [0.1, 0.15) is 0 Å². The van der Waals surface area contributed by atoms with Gasteiger partial charge in [0.25, 0.3) is 0 Å². The molecule has 0 N–H and O–H groups in total. The summed E-state index contributed by atoms with van der Waals surface area (Å²) >= 11 is 1.52. The Hall–Kier alpha value is -1.40. The number of amides is 1.